The van der Waals surface area contributed by atoms with Gasteiger partial charge in [-0.1, -0.05) is 20.8 Å². The summed E-state index contributed by atoms with van der Waals surface area (Å²) < 4.78 is 1.44. The third kappa shape index (κ3) is 4.03. The van der Waals surface area contributed by atoms with E-state index in [0.717, 1.165) is 38.4 Å². The van der Waals surface area contributed by atoms with Crippen molar-refractivity contribution in [2.75, 3.05) is 37.6 Å². The molecule has 1 aliphatic rings. The van der Waals surface area contributed by atoms with Gasteiger partial charge in [-0.25, -0.2) is 14.5 Å². The van der Waals surface area contributed by atoms with Gasteiger partial charge in [0, 0.05) is 37.9 Å². The predicted octanol–water partition coefficient (Wildman–Crippen LogP) is 2.90. The summed E-state index contributed by atoms with van der Waals surface area (Å²) in [6.45, 7) is 11.2. The molecule has 1 aromatic heterocycles. The molecule has 0 spiro atoms. The predicted molar refractivity (Wildman–Crippen MR) is 121 cm³/mol. The van der Waals surface area contributed by atoms with Crippen LogP contribution in [0.4, 0.5) is 5.69 Å². The van der Waals surface area contributed by atoms with Crippen molar-refractivity contribution in [3.05, 3.63) is 52.4 Å². The van der Waals surface area contributed by atoms with Crippen molar-refractivity contribution in [2.24, 2.45) is 0 Å². The van der Waals surface area contributed by atoms with Gasteiger partial charge in [0.15, 0.2) is 5.82 Å². The van der Waals surface area contributed by atoms with Crippen LogP contribution in [0.2, 0.25) is 0 Å². The summed E-state index contributed by atoms with van der Waals surface area (Å²) in [6, 6.07) is 10.8. The van der Waals surface area contributed by atoms with E-state index in [1.165, 1.54) is 10.6 Å². The molecule has 0 aliphatic carbocycles. The Morgan fingerprint density at radius 3 is 2.26 bits per heavy atom. The Morgan fingerprint density at radius 2 is 1.65 bits per heavy atom. The monoisotopic (exact) mass is 423 g/mol. The molecule has 8 nitrogen and oxygen atoms in total. The lowest BCUT2D eigenvalue weighted by molar-refractivity contribution is 0.271. The molecule has 31 heavy (non-hydrogen) atoms. The molecule has 0 radical (unpaired) electrons. The Hall–Kier alpha value is -3.26. The summed E-state index contributed by atoms with van der Waals surface area (Å²) in [6.07, 6.45) is 0. The Bertz CT molecular complexity index is 1110. The number of aromatic hydroxyl groups is 2. The summed E-state index contributed by atoms with van der Waals surface area (Å²) in [5.74, 6) is 0.236. The molecule has 1 fully saturated rings. The number of phenols is 2. The molecule has 3 aromatic rings. The average molecular weight is 424 g/mol. The lowest BCUT2D eigenvalue weighted by Gasteiger charge is -2.35. The molecule has 4 rings (SSSR count). The van der Waals surface area contributed by atoms with Gasteiger partial charge < -0.3 is 20.0 Å². The molecule has 0 amide bonds. The fraction of sp³-hybridized carbons (Fsp3) is 0.391. The molecule has 0 saturated carbocycles. The minimum absolute atomic E-state index is 0.0215. The number of phenolic OH excluding ortho intramolecular Hbond substituents is 2. The van der Waals surface area contributed by atoms with Crippen LogP contribution in [0.25, 0.3) is 17.1 Å². The molecule has 2 heterocycles. The summed E-state index contributed by atoms with van der Waals surface area (Å²) in [7, 11) is 0. The van der Waals surface area contributed by atoms with Gasteiger partial charge in [0.25, 0.3) is 0 Å². The first kappa shape index (κ1) is 21.0. The molecule has 0 bridgehead atoms. The maximum atomic E-state index is 12.6. The van der Waals surface area contributed by atoms with Crippen LogP contribution in [0.15, 0.2) is 41.2 Å². The zero-order valence-electron chi connectivity index (χ0n) is 18.2. The van der Waals surface area contributed by atoms with Gasteiger partial charge in [0.05, 0.1) is 11.3 Å². The highest BCUT2D eigenvalue weighted by Crippen LogP contribution is 2.37. The van der Waals surface area contributed by atoms with Crippen molar-refractivity contribution in [3.8, 4) is 28.6 Å². The second-order valence-corrected chi connectivity index (χ2v) is 8.21. The SMILES string of the molecule is CCN1CCN(c2ccc(-n3c(-c4cc(C(C)C)c(O)cc4O)n[nH]c3=O)cc2)CC1. The number of anilines is 1. The topological polar surface area (TPSA) is 97.6 Å². The Balaban J connectivity index is 1.68. The lowest BCUT2D eigenvalue weighted by Crippen LogP contribution is -2.46. The maximum Gasteiger partial charge on any atom is 0.348 e. The Kier molecular flexibility index (Phi) is 5.73. The normalized spacial score (nSPS) is 15.0. The summed E-state index contributed by atoms with van der Waals surface area (Å²) in [5.41, 5.74) is 2.45. The molecule has 0 unspecified atom stereocenters. The number of rotatable bonds is 5. The van der Waals surface area contributed by atoms with E-state index < -0.39 is 5.69 Å². The number of piperazine rings is 1. The maximum absolute atomic E-state index is 12.6. The van der Waals surface area contributed by atoms with Crippen LogP contribution in [-0.2, 0) is 0 Å². The van der Waals surface area contributed by atoms with Crippen molar-refractivity contribution in [3.63, 3.8) is 0 Å². The first-order valence-electron chi connectivity index (χ1n) is 10.7. The van der Waals surface area contributed by atoms with Crippen LogP contribution >= 0.6 is 0 Å². The van der Waals surface area contributed by atoms with Gasteiger partial charge in [0.1, 0.15) is 11.5 Å². The smallest absolute Gasteiger partial charge is 0.348 e. The molecule has 3 N–H and O–H groups in total. The van der Waals surface area contributed by atoms with E-state index in [0.29, 0.717) is 22.6 Å². The van der Waals surface area contributed by atoms with E-state index >= 15 is 0 Å². The molecular weight excluding hydrogens is 394 g/mol. The fourth-order valence-corrected chi connectivity index (χ4v) is 4.09. The first-order valence-corrected chi connectivity index (χ1v) is 10.7. The van der Waals surface area contributed by atoms with E-state index in [1.807, 2.05) is 38.1 Å². The molecule has 1 aliphatic heterocycles. The number of benzene rings is 2. The fourth-order valence-electron chi connectivity index (χ4n) is 4.09. The third-order valence-corrected chi connectivity index (χ3v) is 5.97. The van der Waals surface area contributed by atoms with Crippen LogP contribution in [-0.4, -0.2) is 62.6 Å². The van der Waals surface area contributed by atoms with E-state index in [9.17, 15) is 15.0 Å². The summed E-state index contributed by atoms with van der Waals surface area (Å²) in [5, 5.41) is 27.2. The molecular formula is C23H29N5O3. The number of nitrogens with one attached hydrogen (secondary N) is 1. The largest absolute Gasteiger partial charge is 0.508 e. The third-order valence-electron chi connectivity index (χ3n) is 5.97. The van der Waals surface area contributed by atoms with Gasteiger partial charge in [-0.2, -0.15) is 5.10 Å². The van der Waals surface area contributed by atoms with Gasteiger partial charge in [-0.15, -0.1) is 0 Å². The van der Waals surface area contributed by atoms with Crippen molar-refractivity contribution in [1.29, 1.82) is 0 Å². The van der Waals surface area contributed by atoms with Crippen molar-refractivity contribution >= 4 is 5.69 Å². The van der Waals surface area contributed by atoms with Gasteiger partial charge >= 0.3 is 5.69 Å². The average Bonchev–Trinajstić information content (AvgIpc) is 3.15. The van der Waals surface area contributed by atoms with E-state index in [2.05, 4.69) is 26.9 Å². The minimum Gasteiger partial charge on any atom is -0.508 e. The minimum atomic E-state index is -0.391. The number of aromatic nitrogens is 3. The molecule has 0 atom stereocenters. The number of H-pyrrole nitrogens is 1. The first-order chi connectivity index (χ1) is 14.9. The number of likely N-dealkylation sites (N-methyl/N-ethyl adjacent to an activating group) is 1. The quantitative estimate of drug-likeness (QED) is 0.584. The lowest BCUT2D eigenvalue weighted by atomic mass is 9.98. The zero-order valence-corrected chi connectivity index (χ0v) is 18.2. The number of hydrogen-bond donors (Lipinski definition) is 3. The second-order valence-electron chi connectivity index (χ2n) is 8.21. The van der Waals surface area contributed by atoms with Crippen molar-refractivity contribution in [1.82, 2.24) is 19.7 Å². The van der Waals surface area contributed by atoms with E-state index in [1.54, 1.807) is 6.07 Å². The molecule has 2 aromatic carbocycles. The standard InChI is InChI=1S/C23H29N5O3/c1-4-26-9-11-27(12-10-26)16-5-7-17(8-6-16)28-22(24-25-23(28)31)19-13-18(15(2)3)20(29)14-21(19)30/h5-8,13-15,29-30H,4,9-12H2,1-3H3,(H,25,31). The van der Waals surface area contributed by atoms with Gasteiger partial charge in [-0.05, 0) is 48.4 Å². The highest BCUT2D eigenvalue weighted by Gasteiger charge is 2.20. The number of aromatic amines is 1. The van der Waals surface area contributed by atoms with Crippen LogP contribution in [0.3, 0.4) is 0 Å². The Labute approximate surface area is 181 Å². The number of nitrogens with zero attached hydrogens (tertiary/aromatic N) is 4. The highest BCUT2D eigenvalue weighted by atomic mass is 16.3. The van der Waals surface area contributed by atoms with E-state index in [4.69, 9.17) is 0 Å². The zero-order chi connectivity index (χ0) is 22.1. The van der Waals surface area contributed by atoms with Crippen LogP contribution in [0.1, 0.15) is 32.3 Å². The molecule has 164 valence electrons. The van der Waals surface area contributed by atoms with Crippen LogP contribution in [0, 0.1) is 0 Å². The van der Waals surface area contributed by atoms with Gasteiger partial charge in [0.2, 0.25) is 0 Å². The highest BCUT2D eigenvalue weighted by molar-refractivity contribution is 5.69. The summed E-state index contributed by atoms with van der Waals surface area (Å²) in [4.78, 5) is 17.3. The van der Waals surface area contributed by atoms with Crippen LogP contribution in [0.5, 0.6) is 11.5 Å². The van der Waals surface area contributed by atoms with Gasteiger partial charge in [-0.3, -0.25) is 0 Å². The van der Waals surface area contributed by atoms with Crippen LogP contribution < -0.4 is 10.6 Å². The number of hydrogen-bond acceptors (Lipinski definition) is 6. The molecule has 8 heteroatoms. The van der Waals surface area contributed by atoms with E-state index in [-0.39, 0.29) is 17.4 Å². The summed E-state index contributed by atoms with van der Waals surface area (Å²) >= 11 is 0. The Morgan fingerprint density at radius 1 is 1.00 bits per heavy atom. The molecule has 1 saturated heterocycles. The second kappa shape index (κ2) is 8.47. The van der Waals surface area contributed by atoms with Crippen molar-refractivity contribution < 1.29 is 10.2 Å². The van der Waals surface area contributed by atoms with Crippen molar-refractivity contribution in [2.45, 2.75) is 26.7 Å².